The third-order valence-electron chi connectivity index (χ3n) is 4.20. The molecule has 0 atom stereocenters. The Hall–Kier alpha value is -3.68. The van der Waals surface area contributed by atoms with Gasteiger partial charge in [0.1, 0.15) is 11.4 Å². The molecule has 0 aliphatic carbocycles. The Kier molecular flexibility index (Phi) is 5.69. The Morgan fingerprint density at radius 1 is 0.929 bits per heavy atom. The van der Waals surface area contributed by atoms with Crippen LogP contribution in [0.5, 0.6) is 17.2 Å². The van der Waals surface area contributed by atoms with E-state index in [1.54, 1.807) is 45.6 Å². The Morgan fingerprint density at radius 3 is 2.36 bits per heavy atom. The van der Waals surface area contributed by atoms with Crippen molar-refractivity contribution < 1.29 is 19.0 Å². The molecule has 3 N–H and O–H groups in total. The number of nitrogens with zero attached hydrogens (tertiary/aromatic N) is 1. The molecule has 1 aromatic heterocycles. The third-order valence-corrected chi connectivity index (χ3v) is 4.20. The maximum atomic E-state index is 12.5. The van der Waals surface area contributed by atoms with Crippen LogP contribution in [0, 0.1) is 6.92 Å². The molecular weight excluding hydrogens is 360 g/mol. The lowest BCUT2D eigenvalue weighted by molar-refractivity contribution is 0.262. The second-order valence-corrected chi connectivity index (χ2v) is 5.92. The van der Waals surface area contributed by atoms with Gasteiger partial charge in [-0.1, -0.05) is 12.1 Å². The summed E-state index contributed by atoms with van der Waals surface area (Å²) in [4.78, 5) is 12.5. The van der Waals surface area contributed by atoms with Gasteiger partial charge >= 0.3 is 6.03 Å². The van der Waals surface area contributed by atoms with E-state index in [0.29, 0.717) is 34.3 Å². The highest BCUT2D eigenvalue weighted by Gasteiger charge is 2.17. The summed E-state index contributed by atoms with van der Waals surface area (Å²) in [6, 6.07) is 12.2. The van der Waals surface area contributed by atoms with Gasteiger partial charge in [0.25, 0.3) is 0 Å². The number of urea groups is 1. The van der Waals surface area contributed by atoms with Crippen molar-refractivity contribution in [3.63, 3.8) is 0 Å². The zero-order valence-electron chi connectivity index (χ0n) is 16.1. The van der Waals surface area contributed by atoms with Crippen LogP contribution in [0.25, 0.3) is 11.3 Å². The topological polar surface area (TPSA) is 97.5 Å². The summed E-state index contributed by atoms with van der Waals surface area (Å²) in [5, 5.41) is 12.9. The van der Waals surface area contributed by atoms with Crippen LogP contribution >= 0.6 is 0 Å². The van der Waals surface area contributed by atoms with Crippen molar-refractivity contribution >= 4 is 17.4 Å². The molecule has 0 fully saturated rings. The van der Waals surface area contributed by atoms with Gasteiger partial charge < -0.3 is 24.8 Å². The van der Waals surface area contributed by atoms with Gasteiger partial charge in [-0.3, -0.25) is 5.10 Å². The van der Waals surface area contributed by atoms with E-state index in [0.717, 1.165) is 11.3 Å². The normalized spacial score (nSPS) is 10.3. The van der Waals surface area contributed by atoms with Gasteiger partial charge in [0.2, 0.25) is 0 Å². The molecule has 28 heavy (non-hydrogen) atoms. The molecule has 0 aliphatic rings. The number of H-pyrrole nitrogens is 1. The second-order valence-electron chi connectivity index (χ2n) is 5.92. The van der Waals surface area contributed by atoms with Crippen molar-refractivity contribution in [3.05, 3.63) is 48.2 Å². The SMILES string of the molecule is COc1ccccc1NC(=O)Nc1c(-c2ccc(OC)c(OC)c2)n[nH]c1C. The number of carbonyl (C=O) groups is 1. The van der Waals surface area contributed by atoms with Gasteiger partial charge in [0, 0.05) is 5.56 Å². The minimum Gasteiger partial charge on any atom is -0.495 e. The number of hydrogen-bond donors (Lipinski definition) is 3. The highest BCUT2D eigenvalue weighted by molar-refractivity contribution is 6.03. The molecular formula is C20H22N4O4. The summed E-state index contributed by atoms with van der Waals surface area (Å²) in [7, 11) is 4.69. The largest absolute Gasteiger partial charge is 0.495 e. The van der Waals surface area contributed by atoms with Crippen molar-refractivity contribution in [1.29, 1.82) is 0 Å². The number of amides is 2. The molecule has 8 nitrogen and oxygen atoms in total. The molecule has 8 heteroatoms. The number of rotatable bonds is 6. The van der Waals surface area contributed by atoms with Gasteiger partial charge in [-0.05, 0) is 37.3 Å². The third kappa shape index (κ3) is 3.85. The highest BCUT2D eigenvalue weighted by Crippen LogP contribution is 2.35. The summed E-state index contributed by atoms with van der Waals surface area (Å²) in [6.07, 6.45) is 0. The fourth-order valence-corrected chi connectivity index (χ4v) is 2.79. The number of anilines is 2. The zero-order chi connectivity index (χ0) is 20.1. The predicted molar refractivity (Wildman–Crippen MR) is 108 cm³/mol. The summed E-state index contributed by atoms with van der Waals surface area (Å²) < 4.78 is 15.9. The van der Waals surface area contributed by atoms with Crippen molar-refractivity contribution in [1.82, 2.24) is 10.2 Å². The van der Waals surface area contributed by atoms with Crippen LogP contribution in [0.3, 0.4) is 0 Å². The number of aryl methyl sites for hydroxylation is 1. The lowest BCUT2D eigenvalue weighted by Gasteiger charge is -2.12. The first-order valence-corrected chi connectivity index (χ1v) is 8.55. The first-order valence-electron chi connectivity index (χ1n) is 8.55. The maximum absolute atomic E-state index is 12.5. The number of hydrogen-bond acceptors (Lipinski definition) is 5. The van der Waals surface area contributed by atoms with Gasteiger partial charge in [-0.25, -0.2) is 4.79 Å². The number of para-hydroxylation sites is 2. The number of benzene rings is 2. The summed E-state index contributed by atoms with van der Waals surface area (Å²) in [5.74, 6) is 1.76. The first-order chi connectivity index (χ1) is 13.6. The summed E-state index contributed by atoms with van der Waals surface area (Å²) in [5.41, 5.74) is 3.22. The monoisotopic (exact) mass is 382 g/mol. The van der Waals surface area contributed by atoms with E-state index < -0.39 is 6.03 Å². The van der Waals surface area contributed by atoms with E-state index >= 15 is 0 Å². The van der Waals surface area contributed by atoms with E-state index in [1.165, 1.54) is 0 Å². The van der Waals surface area contributed by atoms with Crippen LogP contribution in [0.1, 0.15) is 5.69 Å². The Balaban J connectivity index is 1.86. The van der Waals surface area contributed by atoms with E-state index in [-0.39, 0.29) is 0 Å². The predicted octanol–water partition coefficient (Wildman–Crippen LogP) is 4.05. The number of ether oxygens (including phenoxy) is 3. The van der Waals surface area contributed by atoms with Gasteiger partial charge in [0.15, 0.2) is 11.5 Å². The molecule has 2 amide bonds. The molecule has 3 rings (SSSR count). The summed E-state index contributed by atoms with van der Waals surface area (Å²) >= 11 is 0. The maximum Gasteiger partial charge on any atom is 0.323 e. The van der Waals surface area contributed by atoms with E-state index in [4.69, 9.17) is 14.2 Å². The molecule has 0 aliphatic heterocycles. The number of nitrogens with one attached hydrogen (secondary N) is 3. The minimum atomic E-state index is -0.407. The van der Waals surface area contributed by atoms with Gasteiger partial charge in [-0.15, -0.1) is 0 Å². The van der Waals surface area contributed by atoms with Crippen molar-refractivity contribution in [2.75, 3.05) is 32.0 Å². The Labute approximate surface area is 162 Å². The van der Waals surface area contributed by atoms with E-state index in [1.807, 2.05) is 25.1 Å². The van der Waals surface area contributed by atoms with Crippen molar-refractivity contribution in [2.24, 2.45) is 0 Å². The molecule has 146 valence electrons. The molecule has 0 spiro atoms. The quantitative estimate of drug-likeness (QED) is 0.597. The van der Waals surface area contributed by atoms with Gasteiger partial charge in [-0.2, -0.15) is 5.10 Å². The van der Waals surface area contributed by atoms with E-state index in [9.17, 15) is 4.79 Å². The van der Waals surface area contributed by atoms with Crippen LogP contribution < -0.4 is 24.8 Å². The van der Waals surface area contributed by atoms with Gasteiger partial charge in [0.05, 0.1) is 38.4 Å². The average Bonchev–Trinajstić information content (AvgIpc) is 3.08. The first kappa shape index (κ1) is 19.1. The second kappa shape index (κ2) is 8.34. The van der Waals surface area contributed by atoms with Crippen LogP contribution in [-0.2, 0) is 0 Å². The van der Waals surface area contributed by atoms with Crippen LogP contribution in [0.15, 0.2) is 42.5 Å². The molecule has 2 aromatic carbocycles. The number of aromatic amines is 1. The Morgan fingerprint density at radius 2 is 1.64 bits per heavy atom. The number of carbonyl (C=O) groups excluding carboxylic acids is 1. The molecule has 0 saturated carbocycles. The molecule has 0 radical (unpaired) electrons. The minimum absolute atomic E-state index is 0.407. The average molecular weight is 382 g/mol. The molecule has 3 aromatic rings. The fraction of sp³-hybridized carbons (Fsp3) is 0.200. The summed E-state index contributed by atoms with van der Waals surface area (Å²) in [6.45, 7) is 1.83. The standard InChI is InChI=1S/C20H22N4O4/c1-12-18(22-20(25)21-14-7-5-6-8-15(14)26-2)19(24-23-12)13-9-10-16(27-3)17(11-13)28-4/h5-11H,1-4H3,(H,23,24)(H2,21,22,25). The lowest BCUT2D eigenvalue weighted by atomic mass is 10.1. The van der Waals surface area contributed by atoms with E-state index in [2.05, 4.69) is 20.8 Å². The van der Waals surface area contributed by atoms with Crippen molar-refractivity contribution in [3.8, 4) is 28.5 Å². The molecule has 0 saturated heterocycles. The van der Waals surface area contributed by atoms with Crippen LogP contribution in [-0.4, -0.2) is 37.6 Å². The molecule has 1 heterocycles. The zero-order valence-corrected chi connectivity index (χ0v) is 16.1. The van der Waals surface area contributed by atoms with Crippen LogP contribution in [0.2, 0.25) is 0 Å². The fourth-order valence-electron chi connectivity index (χ4n) is 2.79. The highest BCUT2D eigenvalue weighted by atomic mass is 16.5. The molecule has 0 unspecified atom stereocenters. The molecule has 0 bridgehead atoms. The number of methoxy groups -OCH3 is 3. The Bertz CT molecular complexity index is 984. The lowest BCUT2D eigenvalue weighted by Crippen LogP contribution is -2.20. The van der Waals surface area contributed by atoms with Crippen molar-refractivity contribution in [2.45, 2.75) is 6.92 Å². The number of aromatic nitrogens is 2. The smallest absolute Gasteiger partial charge is 0.323 e. The van der Waals surface area contributed by atoms with Crippen LogP contribution in [0.4, 0.5) is 16.2 Å².